The van der Waals surface area contributed by atoms with Crippen LogP contribution in [-0.2, 0) is 13.6 Å². The lowest BCUT2D eigenvalue weighted by Gasteiger charge is -2.32. The summed E-state index contributed by atoms with van der Waals surface area (Å²) in [7, 11) is 3.69. The first-order valence-corrected chi connectivity index (χ1v) is 9.35. The summed E-state index contributed by atoms with van der Waals surface area (Å²) in [5.74, 6) is 0.674. The van der Waals surface area contributed by atoms with E-state index in [-0.39, 0.29) is 6.03 Å². The number of nitrogens with one attached hydrogen (secondary N) is 1. The van der Waals surface area contributed by atoms with Gasteiger partial charge >= 0.3 is 6.03 Å². The zero-order chi connectivity index (χ0) is 18.4. The van der Waals surface area contributed by atoms with Crippen LogP contribution in [0, 0.1) is 0 Å². The number of likely N-dealkylation sites (tertiary alicyclic amines) is 1. The first kappa shape index (κ1) is 18.5. The van der Waals surface area contributed by atoms with Gasteiger partial charge < -0.3 is 15.1 Å². The molecule has 6 nitrogen and oxygen atoms in total. The number of aryl methyl sites for hydroxylation is 1. The lowest BCUT2D eigenvalue weighted by atomic mass is 9.89. The molecule has 0 unspecified atom stereocenters. The van der Waals surface area contributed by atoms with Crippen LogP contribution in [0.5, 0.6) is 0 Å². The molecule has 0 atom stereocenters. The molecule has 1 fully saturated rings. The molecular formula is C20H29N5O. The highest BCUT2D eigenvalue weighted by molar-refractivity contribution is 5.73. The molecule has 0 radical (unpaired) electrons. The van der Waals surface area contributed by atoms with Crippen LogP contribution in [-0.4, -0.2) is 58.8 Å². The Morgan fingerprint density at radius 1 is 1.27 bits per heavy atom. The maximum atomic E-state index is 12.2. The van der Waals surface area contributed by atoms with Gasteiger partial charge in [-0.2, -0.15) is 5.10 Å². The van der Waals surface area contributed by atoms with E-state index in [1.807, 2.05) is 20.3 Å². The highest BCUT2D eigenvalue weighted by atomic mass is 16.2. The van der Waals surface area contributed by atoms with E-state index in [1.54, 1.807) is 15.8 Å². The van der Waals surface area contributed by atoms with E-state index in [0.717, 1.165) is 25.2 Å². The van der Waals surface area contributed by atoms with Crippen LogP contribution in [0.25, 0.3) is 0 Å². The highest BCUT2D eigenvalue weighted by Gasteiger charge is 2.20. The minimum Gasteiger partial charge on any atom is -0.337 e. The molecule has 1 aromatic carbocycles. The molecule has 26 heavy (non-hydrogen) atoms. The summed E-state index contributed by atoms with van der Waals surface area (Å²) in [4.78, 5) is 16.3. The summed E-state index contributed by atoms with van der Waals surface area (Å²) in [6, 6.07) is 10.8. The number of amides is 2. The molecule has 1 aliphatic rings. The van der Waals surface area contributed by atoms with Gasteiger partial charge in [0.05, 0.1) is 12.7 Å². The van der Waals surface area contributed by atoms with E-state index in [0.29, 0.717) is 19.0 Å². The number of piperidine rings is 1. The van der Waals surface area contributed by atoms with Gasteiger partial charge in [0, 0.05) is 38.9 Å². The standard InChI is InChI=1S/C20H29N5O/c1-23(15-17-14-22-24(2)16-17)20(26)21-10-13-25-11-8-19(9-12-25)18-6-4-3-5-7-18/h3-7,14,16,19H,8-13,15H2,1-2H3,(H,21,26). The van der Waals surface area contributed by atoms with Gasteiger partial charge in [0.25, 0.3) is 0 Å². The van der Waals surface area contributed by atoms with Crippen LogP contribution in [0.15, 0.2) is 42.7 Å². The number of hydrogen-bond acceptors (Lipinski definition) is 3. The number of carbonyl (C=O) groups is 1. The first-order valence-electron chi connectivity index (χ1n) is 9.35. The average Bonchev–Trinajstić information content (AvgIpc) is 3.07. The maximum Gasteiger partial charge on any atom is 0.317 e. The Morgan fingerprint density at radius 3 is 2.65 bits per heavy atom. The number of benzene rings is 1. The van der Waals surface area contributed by atoms with Gasteiger partial charge in [-0.1, -0.05) is 30.3 Å². The van der Waals surface area contributed by atoms with E-state index >= 15 is 0 Å². The second kappa shape index (κ2) is 8.85. The Hall–Kier alpha value is -2.34. The predicted octanol–water partition coefficient (Wildman–Crippen LogP) is 2.44. The minimum absolute atomic E-state index is 0.0342. The number of urea groups is 1. The molecular weight excluding hydrogens is 326 g/mol. The van der Waals surface area contributed by atoms with Gasteiger partial charge in [-0.05, 0) is 37.4 Å². The molecule has 2 aromatic rings. The van der Waals surface area contributed by atoms with E-state index in [4.69, 9.17) is 0 Å². The molecule has 0 spiro atoms. The largest absolute Gasteiger partial charge is 0.337 e. The van der Waals surface area contributed by atoms with Crippen molar-refractivity contribution in [2.75, 3.05) is 33.2 Å². The van der Waals surface area contributed by atoms with Crippen molar-refractivity contribution >= 4 is 6.03 Å². The molecule has 2 amide bonds. The summed E-state index contributed by atoms with van der Waals surface area (Å²) < 4.78 is 1.75. The van der Waals surface area contributed by atoms with Crippen LogP contribution in [0.4, 0.5) is 4.79 Å². The fraction of sp³-hybridized carbons (Fsp3) is 0.500. The molecule has 0 aliphatic carbocycles. The van der Waals surface area contributed by atoms with Crippen LogP contribution < -0.4 is 5.32 Å². The van der Waals surface area contributed by atoms with E-state index in [2.05, 4.69) is 45.6 Å². The first-order chi connectivity index (χ1) is 12.6. The van der Waals surface area contributed by atoms with Crippen molar-refractivity contribution in [3.63, 3.8) is 0 Å². The van der Waals surface area contributed by atoms with Crippen LogP contribution in [0.3, 0.4) is 0 Å². The smallest absolute Gasteiger partial charge is 0.317 e. The van der Waals surface area contributed by atoms with Crippen LogP contribution in [0.2, 0.25) is 0 Å². The molecule has 140 valence electrons. The SMILES string of the molecule is CN(Cc1cnn(C)c1)C(=O)NCCN1CCC(c2ccccc2)CC1. The predicted molar refractivity (Wildman–Crippen MR) is 103 cm³/mol. The van der Waals surface area contributed by atoms with Crippen LogP contribution in [0.1, 0.15) is 29.9 Å². The Bertz CT molecular complexity index is 691. The Morgan fingerprint density at radius 2 is 2.00 bits per heavy atom. The van der Waals surface area contributed by atoms with Crippen molar-refractivity contribution in [3.05, 3.63) is 53.9 Å². The summed E-state index contributed by atoms with van der Waals surface area (Å²) in [5, 5.41) is 7.15. The Balaban J connectivity index is 1.34. The molecule has 6 heteroatoms. The summed E-state index contributed by atoms with van der Waals surface area (Å²) in [6.45, 7) is 4.37. The fourth-order valence-corrected chi connectivity index (χ4v) is 3.57. The molecule has 1 aromatic heterocycles. The molecule has 1 saturated heterocycles. The molecule has 1 N–H and O–H groups in total. The molecule has 3 rings (SSSR count). The van der Waals surface area contributed by atoms with Crippen LogP contribution >= 0.6 is 0 Å². The number of rotatable bonds is 6. The fourth-order valence-electron chi connectivity index (χ4n) is 3.57. The quantitative estimate of drug-likeness (QED) is 0.866. The van der Waals surface area contributed by atoms with Crippen molar-refractivity contribution in [2.24, 2.45) is 7.05 Å². The number of carbonyl (C=O) groups excluding carboxylic acids is 1. The third-order valence-electron chi connectivity index (χ3n) is 5.09. The van der Waals surface area contributed by atoms with Crippen molar-refractivity contribution in [3.8, 4) is 0 Å². The van der Waals surface area contributed by atoms with Crippen molar-refractivity contribution in [1.29, 1.82) is 0 Å². The van der Waals surface area contributed by atoms with Gasteiger partial charge in [0.2, 0.25) is 0 Å². The van der Waals surface area contributed by atoms with Gasteiger partial charge in [0.15, 0.2) is 0 Å². The molecule has 0 saturated carbocycles. The highest BCUT2D eigenvalue weighted by Crippen LogP contribution is 2.27. The number of aromatic nitrogens is 2. The zero-order valence-corrected chi connectivity index (χ0v) is 15.8. The third kappa shape index (κ3) is 5.08. The molecule has 1 aliphatic heterocycles. The summed E-state index contributed by atoms with van der Waals surface area (Å²) in [6.07, 6.45) is 6.11. The number of hydrogen-bond donors (Lipinski definition) is 1. The number of nitrogens with zero attached hydrogens (tertiary/aromatic N) is 4. The second-order valence-corrected chi connectivity index (χ2v) is 7.14. The minimum atomic E-state index is -0.0342. The summed E-state index contributed by atoms with van der Waals surface area (Å²) >= 11 is 0. The molecule has 0 bridgehead atoms. The monoisotopic (exact) mass is 355 g/mol. The summed E-state index contributed by atoms with van der Waals surface area (Å²) in [5.41, 5.74) is 2.49. The lowest BCUT2D eigenvalue weighted by molar-refractivity contribution is 0.194. The van der Waals surface area contributed by atoms with Crippen molar-refractivity contribution in [2.45, 2.75) is 25.3 Å². The third-order valence-corrected chi connectivity index (χ3v) is 5.09. The second-order valence-electron chi connectivity index (χ2n) is 7.14. The van der Waals surface area contributed by atoms with Gasteiger partial charge in [-0.25, -0.2) is 4.79 Å². The van der Waals surface area contributed by atoms with Gasteiger partial charge in [-0.15, -0.1) is 0 Å². The van der Waals surface area contributed by atoms with Crippen molar-refractivity contribution in [1.82, 2.24) is 24.9 Å². The zero-order valence-electron chi connectivity index (χ0n) is 15.8. The lowest BCUT2D eigenvalue weighted by Crippen LogP contribution is -2.42. The normalized spacial score (nSPS) is 15.8. The van der Waals surface area contributed by atoms with Crippen molar-refractivity contribution < 1.29 is 4.79 Å². The maximum absolute atomic E-state index is 12.2. The van der Waals surface area contributed by atoms with E-state index in [1.165, 1.54) is 18.4 Å². The van der Waals surface area contributed by atoms with Gasteiger partial charge in [0.1, 0.15) is 0 Å². The van der Waals surface area contributed by atoms with Gasteiger partial charge in [-0.3, -0.25) is 4.68 Å². The average molecular weight is 355 g/mol. The van der Waals surface area contributed by atoms with E-state index < -0.39 is 0 Å². The molecule has 2 heterocycles. The van der Waals surface area contributed by atoms with E-state index in [9.17, 15) is 4.79 Å². The Labute approximate surface area is 155 Å². The topological polar surface area (TPSA) is 53.4 Å². The Kier molecular flexibility index (Phi) is 6.28.